The molecule has 0 aliphatic carbocycles. The van der Waals surface area contributed by atoms with Gasteiger partial charge in [-0.1, -0.05) is 38.1 Å². The number of piperidine rings is 1. The van der Waals surface area contributed by atoms with Crippen LogP contribution in [0.1, 0.15) is 54.3 Å². The van der Waals surface area contributed by atoms with Crippen LogP contribution in [0.2, 0.25) is 0 Å². The first kappa shape index (κ1) is 19.6. The van der Waals surface area contributed by atoms with Gasteiger partial charge >= 0.3 is 0 Å². The fourth-order valence-corrected chi connectivity index (χ4v) is 4.03. The first-order valence-corrected chi connectivity index (χ1v) is 10.0. The van der Waals surface area contributed by atoms with Crippen LogP contribution >= 0.6 is 0 Å². The largest absolute Gasteiger partial charge is 0.343 e. The van der Waals surface area contributed by atoms with E-state index in [2.05, 4.69) is 29.0 Å². The van der Waals surface area contributed by atoms with Crippen LogP contribution < -0.4 is 5.32 Å². The number of rotatable bonds is 6. The summed E-state index contributed by atoms with van der Waals surface area (Å²) in [6.07, 6.45) is 3.99. The van der Waals surface area contributed by atoms with Crippen molar-refractivity contribution in [3.8, 4) is 0 Å². The molecule has 0 radical (unpaired) electrons. The Morgan fingerprint density at radius 3 is 2.48 bits per heavy atom. The monoisotopic (exact) mass is 365 g/mol. The number of aryl methyl sites for hydroxylation is 1. The number of likely N-dealkylation sites (tertiary alicyclic amines) is 1. The zero-order chi connectivity index (χ0) is 19.2. The molecule has 1 atom stereocenters. The number of nitrogens with one attached hydrogen (secondary N) is 1. The normalized spacial score (nSPS) is 17.0. The van der Waals surface area contributed by atoms with E-state index in [9.17, 15) is 4.79 Å². The Morgan fingerprint density at radius 1 is 1.15 bits per heavy atom. The van der Waals surface area contributed by atoms with E-state index >= 15 is 0 Å². The molecule has 2 aromatic rings. The van der Waals surface area contributed by atoms with Crippen molar-refractivity contribution in [1.29, 1.82) is 0 Å². The molecule has 1 aromatic carbocycles. The van der Waals surface area contributed by atoms with Gasteiger partial charge < -0.3 is 10.2 Å². The van der Waals surface area contributed by atoms with E-state index in [0.29, 0.717) is 11.8 Å². The average molecular weight is 366 g/mol. The molecule has 0 spiro atoms. The van der Waals surface area contributed by atoms with Gasteiger partial charge in [-0.15, -0.1) is 0 Å². The molecule has 0 unspecified atom stereocenters. The van der Waals surface area contributed by atoms with E-state index in [1.807, 2.05) is 55.6 Å². The highest BCUT2D eigenvalue weighted by Gasteiger charge is 2.30. The fraction of sp³-hybridized carbons (Fsp3) is 0.478. The molecular weight excluding hydrogens is 334 g/mol. The van der Waals surface area contributed by atoms with Crippen LogP contribution in [0.4, 0.5) is 0 Å². The van der Waals surface area contributed by atoms with Gasteiger partial charge in [0.1, 0.15) is 0 Å². The van der Waals surface area contributed by atoms with Crippen LogP contribution in [0.3, 0.4) is 0 Å². The van der Waals surface area contributed by atoms with E-state index in [-0.39, 0.29) is 11.9 Å². The standard InChI is InChI=1S/C23H31N3O/c1-17(2)16-26-14-11-19(12-15-26)22(21-10-6-7-13-24-21)25-23(27)20-9-5-4-8-18(20)3/h4-10,13,17,19,22H,11-12,14-16H2,1-3H3,(H,25,27)/t22-/m1/s1. The minimum Gasteiger partial charge on any atom is -0.343 e. The zero-order valence-corrected chi connectivity index (χ0v) is 16.7. The van der Waals surface area contributed by atoms with E-state index in [1.54, 1.807) is 0 Å². The Bertz CT molecular complexity index is 736. The maximum Gasteiger partial charge on any atom is 0.252 e. The second kappa shape index (κ2) is 9.14. The number of amides is 1. The molecule has 1 aliphatic rings. The summed E-state index contributed by atoms with van der Waals surface area (Å²) in [6, 6.07) is 13.7. The Kier molecular flexibility index (Phi) is 6.62. The summed E-state index contributed by atoms with van der Waals surface area (Å²) < 4.78 is 0. The molecule has 3 rings (SSSR count). The van der Waals surface area contributed by atoms with E-state index < -0.39 is 0 Å². The topological polar surface area (TPSA) is 45.2 Å². The molecule has 4 heteroatoms. The summed E-state index contributed by atoms with van der Waals surface area (Å²) in [7, 11) is 0. The van der Waals surface area contributed by atoms with Crippen molar-refractivity contribution >= 4 is 5.91 Å². The van der Waals surface area contributed by atoms with Crippen LogP contribution in [-0.4, -0.2) is 35.4 Å². The summed E-state index contributed by atoms with van der Waals surface area (Å²) in [5.41, 5.74) is 2.71. The van der Waals surface area contributed by atoms with Crippen molar-refractivity contribution in [2.45, 2.75) is 39.7 Å². The molecule has 0 bridgehead atoms. The summed E-state index contributed by atoms with van der Waals surface area (Å²) in [5, 5.41) is 3.30. The average Bonchev–Trinajstić information content (AvgIpc) is 2.67. The number of hydrogen-bond acceptors (Lipinski definition) is 3. The van der Waals surface area contributed by atoms with Gasteiger partial charge in [0, 0.05) is 18.3 Å². The second-order valence-corrected chi connectivity index (χ2v) is 8.05. The van der Waals surface area contributed by atoms with Crippen molar-refractivity contribution < 1.29 is 4.79 Å². The molecule has 1 aromatic heterocycles. The van der Waals surface area contributed by atoms with Crippen LogP contribution in [0.5, 0.6) is 0 Å². The summed E-state index contributed by atoms with van der Waals surface area (Å²) >= 11 is 0. The Balaban J connectivity index is 1.75. The minimum absolute atomic E-state index is 0.00615. The quantitative estimate of drug-likeness (QED) is 0.833. The molecule has 27 heavy (non-hydrogen) atoms. The molecular formula is C23H31N3O. The molecule has 1 fully saturated rings. The van der Waals surface area contributed by atoms with Crippen molar-refractivity contribution in [1.82, 2.24) is 15.2 Å². The van der Waals surface area contributed by atoms with Gasteiger partial charge in [-0.2, -0.15) is 0 Å². The highest BCUT2D eigenvalue weighted by atomic mass is 16.1. The number of carbonyl (C=O) groups is 1. The number of carbonyl (C=O) groups excluding carboxylic acids is 1. The van der Waals surface area contributed by atoms with E-state index in [0.717, 1.165) is 49.3 Å². The molecule has 1 amide bonds. The fourth-order valence-electron chi connectivity index (χ4n) is 4.03. The van der Waals surface area contributed by atoms with Gasteiger partial charge in [0.05, 0.1) is 11.7 Å². The predicted octanol–water partition coefficient (Wildman–Crippen LogP) is 4.23. The molecule has 4 nitrogen and oxygen atoms in total. The van der Waals surface area contributed by atoms with Crippen molar-refractivity contribution in [3.05, 3.63) is 65.5 Å². The SMILES string of the molecule is Cc1ccccc1C(=O)N[C@@H](c1ccccn1)C1CCN(CC(C)C)CC1. The number of hydrogen-bond donors (Lipinski definition) is 1. The van der Waals surface area contributed by atoms with Gasteiger partial charge in [0.25, 0.3) is 5.91 Å². The molecule has 144 valence electrons. The van der Waals surface area contributed by atoms with Crippen LogP contribution in [0.25, 0.3) is 0 Å². The summed E-state index contributed by atoms with van der Waals surface area (Å²) in [6.45, 7) is 9.85. The van der Waals surface area contributed by atoms with Gasteiger partial charge in [-0.05, 0) is 68.5 Å². The van der Waals surface area contributed by atoms with Gasteiger partial charge in [-0.3, -0.25) is 9.78 Å². The lowest BCUT2D eigenvalue weighted by molar-refractivity contribution is 0.0885. The van der Waals surface area contributed by atoms with Crippen molar-refractivity contribution in [2.24, 2.45) is 11.8 Å². The molecule has 0 saturated carbocycles. The lowest BCUT2D eigenvalue weighted by Crippen LogP contribution is -2.42. The summed E-state index contributed by atoms with van der Waals surface area (Å²) in [4.78, 5) is 20.1. The Labute approximate surface area is 163 Å². The van der Waals surface area contributed by atoms with E-state index in [1.165, 1.54) is 0 Å². The molecule has 1 N–H and O–H groups in total. The Morgan fingerprint density at radius 2 is 1.85 bits per heavy atom. The van der Waals surface area contributed by atoms with Gasteiger partial charge in [0.15, 0.2) is 0 Å². The third-order valence-electron chi connectivity index (χ3n) is 5.41. The number of benzene rings is 1. The predicted molar refractivity (Wildman–Crippen MR) is 110 cm³/mol. The number of aromatic nitrogens is 1. The third-order valence-corrected chi connectivity index (χ3v) is 5.41. The lowest BCUT2D eigenvalue weighted by Gasteiger charge is -2.37. The van der Waals surface area contributed by atoms with Gasteiger partial charge in [0.2, 0.25) is 0 Å². The van der Waals surface area contributed by atoms with Gasteiger partial charge in [-0.25, -0.2) is 0 Å². The first-order chi connectivity index (χ1) is 13.0. The van der Waals surface area contributed by atoms with E-state index in [4.69, 9.17) is 0 Å². The van der Waals surface area contributed by atoms with Crippen LogP contribution in [-0.2, 0) is 0 Å². The maximum atomic E-state index is 13.0. The highest BCUT2D eigenvalue weighted by Crippen LogP contribution is 2.30. The molecule has 2 heterocycles. The zero-order valence-electron chi connectivity index (χ0n) is 16.7. The summed E-state index contributed by atoms with van der Waals surface area (Å²) in [5.74, 6) is 1.10. The third kappa shape index (κ3) is 5.16. The number of nitrogens with zero attached hydrogens (tertiary/aromatic N) is 2. The van der Waals surface area contributed by atoms with Crippen LogP contribution in [0, 0.1) is 18.8 Å². The lowest BCUT2D eigenvalue weighted by atomic mass is 9.86. The van der Waals surface area contributed by atoms with Crippen molar-refractivity contribution in [3.63, 3.8) is 0 Å². The smallest absolute Gasteiger partial charge is 0.252 e. The Hall–Kier alpha value is -2.20. The molecule has 1 saturated heterocycles. The molecule has 1 aliphatic heterocycles. The number of pyridine rings is 1. The highest BCUT2D eigenvalue weighted by molar-refractivity contribution is 5.95. The maximum absolute atomic E-state index is 13.0. The second-order valence-electron chi connectivity index (χ2n) is 8.05. The van der Waals surface area contributed by atoms with Crippen LogP contribution in [0.15, 0.2) is 48.7 Å². The van der Waals surface area contributed by atoms with Crippen molar-refractivity contribution in [2.75, 3.05) is 19.6 Å². The first-order valence-electron chi connectivity index (χ1n) is 10.0. The minimum atomic E-state index is -0.0421.